The van der Waals surface area contributed by atoms with Gasteiger partial charge in [-0.25, -0.2) is 0 Å². The fourth-order valence-electron chi connectivity index (χ4n) is 2.52. The Morgan fingerprint density at radius 2 is 2.28 bits per heavy atom. The average molecular weight is 332 g/mol. The Balaban J connectivity index is 2.18. The number of hydrogen-bond acceptors (Lipinski definition) is 2. The van der Waals surface area contributed by atoms with Crippen LogP contribution in [-0.4, -0.2) is 25.2 Å². The minimum atomic E-state index is 0.483. The molecule has 0 bridgehead atoms. The number of nitrogens with zero attached hydrogens (tertiary/aromatic N) is 1. The van der Waals surface area contributed by atoms with Gasteiger partial charge in [-0.2, -0.15) is 0 Å². The lowest BCUT2D eigenvalue weighted by Gasteiger charge is -2.40. The van der Waals surface area contributed by atoms with E-state index in [4.69, 9.17) is 11.6 Å². The lowest BCUT2D eigenvalue weighted by atomic mass is 10.1. The lowest BCUT2D eigenvalue weighted by molar-refractivity contribution is 0.386. The molecule has 1 aromatic carbocycles. The van der Waals surface area contributed by atoms with Crippen LogP contribution in [0.5, 0.6) is 0 Å². The van der Waals surface area contributed by atoms with Crippen LogP contribution in [0.4, 0.5) is 5.69 Å². The number of nitrogens with one attached hydrogen (secondary N) is 1. The van der Waals surface area contributed by atoms with Crippen molar-refractivity contribution in [2.75, 3.05) is 18.0 Å². The highest BCUT2D eigenvalue weighted by molar-refractivity contribution is 9.10. The molecule has 2 atom stereocenters. The molecule has 0 amide bonds. The summed E-state index contributed by atoms with van der Waals surface area (Å²) in [5.41, 5.74) is 1.15. The molecule has 2 unspecified atom stereocenters. The summed E-state index contributed by atoms with van der Waals surface area (Å²) in [5.74, 6) is 0. The zero-order valence-corrected chi connectivity index (χ0v) is 13.3. The lowest BCUT2D eigenvalue weighted by Crippen LogP contribution is -2.55. The molecular weight excluding hydrogens is 312 g/mol. The Morgan fingerprint density at radius 1 is 1.50 bits per heavy atom. The Hall–Kier alpha value is -0.250. The Bertz CT molecular complexity index is 411. The molecule has 2 nitrogen and oxygen atoms in total. The van der Waals surface area contributed by atoms with Gasteiger partial charge < -0.3 is 10.2 Å². The summed E-state index contributed by atoms with van der Waals surface area (Å²) in [4.78, 5) is 2.42. The molecule has 1 heterocycles. The van der Waals surface area contributed by atoms with Gasteiger partial charge in [-0.05, 0) is 31.5 Å². The van der Waals surface area contributed by atoms with Crippen molar-refractivity contribution < 1.29 is 0 Å². The minimum absolute atomic E-state index is 0.483. The monoisotopic (exact) mass is 330 g/mol. The second-order valence-corrected chi connectivity index (χ2v) is 6.31. The van der Waals surface area contributed by atoms with E-state index in [0.717, 1.165) is 28.3 Å². The predicted octanol–water partition coefficient (Wildman–Crippen LogP) is 4.07. The van der Waals surface area contributed by atoms with Crippen LogP contribution < -0.4 is 10.2 Å². The summed E-state index contributed by atoms with van der Waals surface area (Å²) in [6.45, 7) is 6.54. The van der Waals surface area contributed by atoms with Crippen molar-refractivity contribution in [2.24, 2.45) is 0 Å². The van der Waals surface area contributed by atoms with E-state index < -0.39 is 0 Å². The molecule has 2 rings (SSSR count). The summed E-state index contributed by atoms with van der Waals surface area (Å²) in [5, 5.41) is 4.43. The number of benzene rings is 1. The van der Waals surface area contributed by atoms with E-state index in [1.807, 2.05) is 6.07 Å². The molecule has 0 aromatic heterocycles. The summed E-state index contributed by atoms with van der Waals surface area (Å²) >= 11 is 9.82. The first kappa shape index (κ1) is 14.2. The van der Waals surface area contributed by atoms with Crippen molar-refractivity contribution in [1.29, 1.82) is 0 Å². The van der Waals surface area contributed by atoms with Gasteiger partial charge in [0.15, 0.2) is 0 Å². The van der Waals surface area contributed by atoms with Gasteiger partial charge in [-0.15, -0.1) is 0 Å². The SMILES string of the molecule is CCCC1CN(c2ccc(Br)cc2Cl)C(C)CN1. The van der Waals surface area contributed by atoms with Crippen molar-refractivity contribution in [1.82, 2.24) is 5.32 Å². The third-order valence-corrected chi connectivity index (χ3v) is 4.30. The van der Waals surface area contributed by atoms with Crippen LogP contribution in [-0.2, 0) is 0 Å². The second kappa shape index (κ2) is 6.27. The highest BCUT2D eigenvalue weighted by Crippen LogP contribution is 2.31. The summed E-state index contributed by atoms with van der Waals surface area (Å²) < 4.78 is 1.03. The Labute approximate surface area is 123 Å². The first-order valence-electron chi connectivity index (χ1n) is 6.57. The third-order valence-electron chi connectivity index (χ3n) is 3.51. The summed E-state index contributed by atoms with van der Waals surface area (Å²) in [6, 6.07) is 7.20. The van der Waals surface area contributed by atoms with Crippen molar-refractivity contribution >= 4 is 33.2 Å². The van der Waals surface area contributed by atoms with E-state index in [0.29, 0.717) is 12.1 Å². The molecule has 0 spiro atoms. The van der Waals surface area contributed by atoms with Gasteiger partial charge in [-0.1, -0.05) is 40.9 Å². The molecule has 1 fully saturated rings. The normalized spacial score (nSPS) is 24.3. The van der Waals surface area contributed by atoms with Crippen LogP contribution in [0.1, 0.15) is 26.7 Å². The maximum absolute atomic E-state index is 6.36. The fraction of sp³-hybridized carbons (Fsp3) is 0.571. The van der Waals surface area contributed by atoms with Crippen LogP contribution in [0.15, 0.2) is 22.7 Å². The minimum Gasteiger partial charge on any atom is -0.365 e. The topological polar surface area (TPSA) is 15.3 Å². The number of hydrogen-bond donors (Lipinski definition) is 1. The molecule has 4 heteroatoms. The van der Waals surface area contributed by atoms with E-state index in [1.165, 1.54) is 12.8 Å². The fourth-order valence-corrected chi connectivity index (χ4v) is 3.30. The van der Waals surface area contributed by atoms with Gasteiger partial charge in [-0.3, -0.25) is 0 Å². The van der Waals surface area contributed by atoms with Crippen LogP contribution >= 0.6 is 27.5 Å². The van der Waals surface area contributed by atoms with Crippen molar-refractivity contribution in [3.63, 3.8) is 0 Å². The van der Waals surface area contributed by atoms with E-state index in [1.54, 1.807) is 0 Å². The van der Waals surface area contributed by atoms with Crippen LogP contribution in [0.2, 0.25) is 5.02 Å². The highest BCUT2D eigenvalue weighted by atomic mass is 79.9. The first-order chi connectivity index (χ1) is 8.61. The molecule has 0 aliphatic carbocycles. The van der Waals surface area contributed by atoms with Crippen molar-refractivity contribution in [3.8, 4) is 0 Å². The quantitative estimate of drug-likeness (QED) is 0.898. The number of rotatable bonds is 3. The van der Waals surface area contributed by atoms with E-state index >= 15 is 0 Å². The zero-order valence-electron chi connectivity index (χ0n) is 10.9. The van der Waals surface area contributed by atoms with Gasteiger partial charge in [0, 0.05) is 29.6 Å². The molecule has 100 valence electrons. The standard InChI is InChI=1S/C14H20BrClN2/c1-3-4-12-9-18(10(2)8-17-12)14-6-5-11(15)7-13(14)16/h5-7,10,12,17H,3-4,8-9H2,1-2H3. The molecule has 1 saturated heterocycles. The number of anilines is 1. The molecular formula is C14H20BrClN2. The second-order valence-electron chi connectivity index (χ2n) is 4.99. The predicted molar refractivity (Wildman–Crippen MR) is 82.7 cm³/mol. The van der Waals surface area contributed by atoms with Crippen LogP contribution in [0.25, 0.3) is 0 Å². The Morgan fingerprint density at radius 3 is 2.94 bits per heavy atom. The molecule has 1 N–H and O–H groups in total. The van der Waals surface area contributed by atoms with Gasteiger partial charge in [0.25, 0.3) is 0 Å². The van der Waals surface area contributed by atoms with Gasteiger partial charge in [0.1, 0.15) is 0 Å². The van der Waals surface area contributed by atoms with E-state index in [2.05, 4.69) is 52.1 Å². The van der Waals surface area contributed by atoms with Gasteiger partial charge in [0.2, 0.25) is 0 Å². The number of piperazine rings is 1. The summed E-state index contributed by atoms with van der Waals surface area (Å²) in [7, 11) is 0. The molecule has 1 aliphatic rings. The highest BCUT2D eigenvalue weighted by Gasteiger charge is 2.25. The zero-order chi connectivity index (χ0) is 13.1. The number of halogens is 2. The summed E-state index contributed by atoms with van der Waals surface area (Å²) in [6.07, 6.45) is 2.44. The average Bonchev–Trinajstić information content (AvgIpc) is 2.33. The van der Waals surface area contributed by atoms with E-state index in [9.17, 15) is 0 Å². The molecule has 1 aliphatic heterocycles. The third kappa shape index (κ3) is 3.19. The smallest absolute Gasteiger partial charge is 0.0650 e. The van der Waals surface area contributed by atoms with Gasteiger partial charge >= 0.3 is 0 Å². The molecule has 18 heavy (non-hydrogen) atoms. The van der Waals surface area contributed by atoms with Crippen molar-refractivity contribution in [2.45, 2.75) is 38.8 Å². The first-order valence-corrected chi connectivity index (χ1v) is 7.74. The molecule has 0 radical (unpaired) electrons. The Kier molecular flexibility index (Phi) is 4.93. The maximum Gasteiger partial charge on any atom is 0.0650 e. The van der Waals surface area contributed by atoms with Crippen LogP contribution in [0.3, 0.4) is 0 Å². The molecule has 1 aromatic rings. The van der Waals surface area contributed by atoms with Gasteiger partial charge in [0.05, 0.1) is 10.7 Å². The van der Waals surface area contributed by atoms with Crippen LogP contribution in [0, 0.1) is 0 Å². The largest absolute Gasteiger partial charge is 0.365 e. The maximum atomic E-state index is 6.36. The van der Waals surface area contributed by atoms with E-state index in [-0.39, 0.29) is 0 Å². The van der Waals surface area contributed by atoms with Crippen molar-refractivity contribution in [3.05, 3.63) is 27.7 Å². The molecule has 0 saturated carbocycles.